The van der Waals surface area contributed by atoms with Crippen LogP contribution >= 0.6 is 0 Å². The van der Waals surface area contributed by atoms with E-state index >= 15 is 0 Å². The van der Waals surface area contributed by atoms with Crippen LogP contribution in [0.25, 0.3) is 0 Å². The first kappa shape index (κ1) is 20.4. The Bertz CT molecular complexity index is 1080. The summed E-state index contributed by atoms with van der Waals surface area (Å²) in [5.41, 5.74) is 1.13. The van der Waals surface area contributed by atoms with Gasteiger partial charge >= 0.3 is 0 Å². The molecule has 29 heavy (non-hydrogen) atoms. The van der Waals surface area contributed by atoms with Gasteiger partial charge < -0.3 is 15.4 Å². The van der Waals surface area contributed by atoms with Crippen molar-refractivity contribution in [3.63, 3.8) is 0 Å². The molecule has 0 radical (unpaired) electrons. The highest BCUT2D eigenvalue weighted by Gasteiger charge is 2.16. The molecule has 0 bridgehead atoms. The van der Waals surface area contributed by atoms with Crippen molar-refractivity contribution < 1.29 is 17.9 Å². The van der Waals surface area contributed by atoms with E-state index in [2.05, 4.69) is 10.6 Å². The Morgan fingerprint density at radius 2 is 1.55 bits per heavy atom. The van der Waals surface area contributed by atoms with Crippen LogP contribution in [0.1, 0.15) is 6.92 Å². The van der Waals surface area contributed by atoms with Crippen LogP contribution in [0, 0.1) is 0 Å². The molecular weight excluding hydrogens is 390 g/mol. The lowest BCUT2D eigenvalue weighted by Gasteiger charge is -2.18. The number of para-hydroxylation sites is 3. The lowest BCUT2D eigenvalue weighted by molar-refractivity contribution is -0.116. The summed E-state index contributed by atoms with van der Waals surface area (Å²) < 4.78 is 28.5. The summed E-state index contributed by atoms with van der Waals surface area (Å²) in [6.45, 7) is 1.72. The molecule has 0 unspecified atom stereocenters. The Morgan fingerprint density at radius 3 is 2.21 bits per heavy atom. The summed E-state index contributed by atoms with van der Waals surface area (Å²) in [5, 5.41) is 10.9. The largest absolute Gasteiger partial charge is 0.455 e. The van der Waals surface area contributed by atoms with E-state index in [0.717, 1.165) is 0 Å². The lowest BCUT2D eigenvalue weighted by Crippen LogP contribution is -2.32. The van der Waals surface area contributed by atoms with Crippen molar-refractivity contribution >= 4 is 27.3 Å². The Labute approximate surface area is 169 Å². The van der Waals surface area contributed by atoms with Crippen LogP contribution in [0.2, 0.25) is 0 Å². The van der Waals surface area contributed by atoms with Gasteiger partial charge in [-0.05, 0) is 55.5 Å². The van der Waals surface area contributed by atoms with E-state index in [4.69, 9.17) is 9.88 Å². The van der Waals surface area contributed by atoms with E-state index < -0.39 is 16.1 Å². The fraction of sp³-hybridized carbons (Fsp3) is 0.0952. The highest BCUT2D eigenvalue weighted by Crippen LogP contribution is 2.29. The second-order valence-corrected chi connectivity index (χ2v) is 7.90. The van der Waals surface area contributed by atoms with Crippen LogP contribution in [0.3, 0.4) is 0 Å². The quantitative estimate of drug-likeness (QED) is 0.550. The molecule has 0 aliphatic rings. The predicted molar refractivity (Wildman–Crippen MR) is 112 cm³/mol. The minimum atomic E-state index is -3.77. The van der Waals surface area contributed by atoms with Gasteiger partial charge in [0.2, 0.25) is 15.9 Å². The minimum absolute atomic E-state index is 0.0198. The minimum Gasteiger partial charge on any atom is -0.455 e. The molecular formula is C21H21N3O4S. The molecule has 7 nitrogen and oxygen atoms in total. The van der Waals surface area contributed by atoms with Gasteiger partial charge in [-0.2, -0.15) is 0 Å². The molecule has 3 aromatic carbocycles. The number of rotatable bonds is 7. The van der Waals surface area contributed by atoms with Crippen molar-refractivity contribution in [3.05, 3.63) is 78.9 Å². The van der Waals surface area contributed by atoms with Crippen LogP contribution in [0.15, 0.2) is 83.8 Å². The van der Waals surface area contributed by atoms with Gasteiger partial charge in [0.25, 0.3) is 0 Å². The number of hydrogen-bond acceptors (Lipinski definition) is 5. The second-order valence-electron chi connectivity index (χ2n) is 6.34. The molecule has 3 rings (SSSR count). The number of carbonyl (C=O) groups is 1. The number of hydrogen-bond donors (Lipinski definition) is 3. The van der Waals surface area contributed by atoms with E-state index in [-0.39, 0.29) is 10.8 Å². The number of nitrogens with one attached hydrogen (secondary N) is 2. The Kier molecular flexibility index (Phi) is 6.16. The van der Waals surface area contributed by atoms with E-state index in [1.807, 2.05) is 54.6 Å². The molecule has 0 fully saturated rings. The van der Waals surface area contributed by atoms with E-state index in [1.54, 1.807) is 6.92 Å². The number of nitrogens with two attached hydrogens (primary N) is 1. The summed E-state index contributed by atoms with van der Waals surface area (Å²) in [5.74, 6) is 0.993. The number of ether oxygens (including phenoxy) is 1. The van der Waals surface area contributed by atoms with Crippen LogP contribution in [0.5, 0.6) is 11.5 Å². The first-order chi connectivity index (χ1) is 13.8. The summed E-state index contributed by atoms with van der Waals surface area (Å²) in [4.78, 5) is 12.5. The molecule has 0 aliphatic heterocycles. The molecule has 1 amide bonds. The van der Waals surface area contributed by atoms with Gasteiger partial charge in [0.1, 0.15) is 11.8 Å². The van der Waals surface area contributed by atoms with Gasteiger partial charge in [-0.15, -0.1) is 0 Å². The summed E-state index contributed by atoms with van der Waals surface area (Å²) in [6, 6.07) is 21.7. The van der Waals surface area contributed by atoms with Gasteiger partial charge in [-0.25, -0.2) is 13.6 Å². The fourth-order valence-corrected chi connectivity index (χ4v) is 3.08. The van der Waals surface area contributed by atoms with Crippen molar-refractivity contribution in [1.29, 1.82) is 0 Å². The molecule has 1 atom stereocenters. The van der Waals surface area contributed by atoms with Crippen molar-refractivity contribution in [3.8, 4) is 11.5 Å². The number of benzene rings is 3. The zero-order valence-electron chi connectivity index (χ0n) is 15.7. The highest BCUT2D eigenvalue weighted by molar-refractivity contribution is 7.89. The third kappa shape index (κ3) is 5.56. The summed E-state index contributed by atoms with van der Waals surface area (Å²) >= 11 is 0. The number of primary sulfonamides is 1. The van der Waals surface area contributed by atoms with Crippen molar-refractivity contribution in [2.24, 2.45) is 5.14 Å². The molecule has 150 valence electrons. The number of sulfonamides is 1. The zero-order valence-corrected chi connectivity index (χ0v) is 16.5. The standard InChI is InChI=1S/C21H21N3O4S/c1-15(21(25)24-16-11-13-18(14-12-16)29(22,26)27)23-19-9-5-6-10-20(19)28-17-7-3-2-4-8-17/h2-15,23H,1H3,(H,24,25)(H2,22,26,27)/t15-/m0/s1. The SMILES string of the molecule is C[C@H](Nc1ccccc1Oc1ccccc1)C(=O)Nc1ccc(S(N)(=O)=O)cc1. The van der Waals surface area contributed by atoms with Crippen molar-refractivity contribution in [2.45, 2.75) is 17.9 Å². The van der Waals surface area contributed by atoms with Crippen LogP contribution in [-0.2, 0) is 14.8 Å². The van der Waals surface area contributed by atoms with Gasteiger partial charge in [0.05, 0.1) is 10.6 Å². The molecule has 0 spiro atoms. The Morgan fingerprint density at radius 1 is 0.931 bits per heavy atom. The number of amides is 1. The first-order valence-corrected chi connectivity index (χ1v) is 10.4. The van der Waals surface area contributed by atoms with Crippen molar-refractivity contribution in [2.75, 3.05) is 10.6 Å². The molecule has 4 N–H and O–H groups in total. The molecule has 3 aromatic rings. The maximum atomic E-state index is 12.5. The van der Waals surface area contributed by atoms with Gasteiger partial charge in [0.15, 0.2) is 5.75 Å². The summed E-state index contributed by atoms with van der Waals surface area (Å²) in [6.07, 6.45) is 0. The van der Waals surface area contributed by atoms with Gasteiger partial charge in [-0.3, -0.25) is 4.79 Å². The highest BCUT2D eigenvalue weighted by atomic mass is 32.2. The molecule has 0 heterocycles. The number of carbonyl (C=O) groups excluding carboxylic acids is 1. The molecule has 0 saturated heterocycles. The molecule has 0 aliphatic carbocycles. The van der Waals surface area contributed by atoms with Gasteiger partial charge in [0, 0.05) is 5.69 Å². The maximum absolute atomic E-state index is 12.5. The lowest BCUT2D eigenvalue weighted by atomic mass is 10.2. The average Bonchev–Trinajstić information content (AvgIpc) is 2.70. The van der Waals surface area contributed by atoms with E-state index in [0.29, 0.717) is 22.9 Å². The fourth-order valence-electron chi connectivity index (χ4n) is 2.57. The molecule has 0 saturated carbocycles. The Balaban J connectivity index is 1.67. The second kappa shape index (κ2) is 8.76. The van der Waals surface area contributed by atoms with Crippen LogP contribution in [0.4, 0.5) is 11.4 Å². The molecule has 8 heteroatoms. The molecule has 0 aromatic heterocycles. The zero-order chi connectivity index (χ0) is 20.9. The maximum Gasteiger partial charge on any atom is 0.246 e. The van der Waals surface area contributed by atoms with E-state index in [1.165, 1.54) is 24.3 Å². The topological polar surface area (TPSA) is 111 Å². The smallest absolute Gasteiger partial charge is 0.246 e. The summed E-state index contributed by atoms with van der Waals surface area (Å²) in [7, 11) is -3.77. The van der Waals surface area contributed by atoms with Crippen LogP contribution < -0.4 is 20.5 Å². The first-order valence-electron chi connectivity index (χ1n) is 8.85. The third-order valence-electron chi connectivity index (χ3n) is 4.07. The van der Waals surface area contributed by atoms with Crippen LogP contribution in [-0.4, -0.2) is 20.4 Å². The third-order valence-corrected chi connectivity index (χ3v) is 5.00. The average molecular weight is 411 g/mol. The monoisotopic (exact) mass is 411 g/mol. The van der Waals surface area contributed by atoms with E-state index in [9.17, 15) is 13.2 Å². The normalized spacial score (nSPS) is 12.1. The Hall–Kier alpha value is -3.36. The van der Waals surface area contributed by atoms with Crippen molar-refractivity contribution in [1.82, 2.24) is 0 Å². The van der Waals surface area contributed by atoms with Gasteiger partial charge in [-0.1, -0.05) is 30.3 Å². The predicted octanol–water partition coefficient (Wildman–Crippen LogP) is 3.57. The number of anilines is 2.